The smallest absolute Gasteiger partial charge is 0.433 e. The van der Waals surface area contributed by atoms with E-state index in [1.165, 1.54) is 12.1 Å². The maximum Gasteiger partial charge on any atom is 0.433 e. The summed E-state index contributed by atoms with van der Waals surface area (Å²) in [5, 5.41) is 0. The van der Waals surface area contributed by atoms with Crippen LogP contribution in [0, 0.1) is 0 Å². The number of aromatic nitrogens is 1. The molecule has 0 radical (unpaired) electrons. The lowest BCUT2D eigenvalue weighted by molar-refractivity contribution is -0.141. The molecule has 0 spiro atoms. The summed E-state index contributed by atoms with van der Waals surface area (Å²) >= 11 is 0. The Morgan fingerprint density at radius 3 is 2.30 bits per heavy atom. The van der Waals surface area contributed by atoms with Gasteiger partial charge in [-0.1, -0.05) is 18.2 Å². The third-order valence-corrected chi connectivity index (χ3v) is 2.37. The summed E-state index contributed by atoms with van der Waals surface area (Å²) in [5.74, 6) is -1.14. The Morgan fingerprint density at radius 2 is 1.75 bits per heavy atom. The number of hydrogen-bond donors (Lipinski definition) is 1. The molecule has 104 valence electrons. The summed E-state index contributed by atoms with van der Waals surface area (Å²) in [5.41, 5.74) is 3.71. The van der Waals surface area contributed by atoms with Crippen molar-refractivity contribution in [3.05, 3.63) is 53.7 Å². The van der Waals surface area contributed by atoms with E-state index in [1.54, 1.807) is 18.2 Å². The van der Waals surface area contributed by atoms with Crippen LogP contribution in [0.15, 0.2) is 42.5 Å². The molecule has 1 aromatic heterocycles. The molecular formula is C13H9F3N2O2. The van der Waals surface area contributed by atoms with Gasteiger partial charge in [-0.3, -0.25) is 4.79 Å². The van der Waals surface area contributed by atoms with Crippen LogP contribution in [-0.4, -0.2) is 10.9 Å². The zero-order valence-electron chi connectivity index (χ0n) is 10.0. The van der Waals surface area contributed by atoms with E-state index in [4.69, 9.17) is 10.5 Å². The van der Waals surface area contributed by atoms with Crippen LogP contribution in [0.4, 0.5) is 13.2 Å². The monoisotopic (exact) mass is 282 g/mol. The Hall–Kier alpha value is -2.57. The number of amides is 1. The number of ether oxygens (including phenoxy) is 1. The highest BCUT2D eigenvalue weighted by Gasteiger charge is 2.33. The standard InChI is InChI=1S/C13H9F3N2O2/c14-13(15,16)10-7-6-9(11(17)19)12(18-10)20-8-4-2-1-3-5-8/h1-7H,(H2,17,19). The summed E-state index contributed by atoms with van der Waals surface area (Å²) in [6.07, 6.45) is -4.63. The zero-order chi connectivity index (χ0) is 14.8. The van der Waals surface area contributed by atoms with Crippen molar-refractivity contribution in [1.82, 2.24) is 4.98 Å². The van der Waals surface area contributed by atoms with Gasteiger partial charge in [0.05, 0.1) is 0 Å². The Bertz CT molecular complexity index is 627. The number of alkyl halides is 3. The van der Waals surface area contributed by atoms with Gasteiger partial charge < -0.3 is 10.5 Å². The number of para-hydroxylation sites is 1. The highest BCUT2D eigenvalue weighted by Crippen LogP contribution is 2.31. The molecule has 1 amide bonds. The fraction of sp³-hybridized carbons (Fsp3) is 0.0769. The van der Waals surface area contributed by atoms with Gasteiger partial charge in [-0.05, 0) is 24.3 Å². The van der Waals surface area contributed by atoms with Crippen molar-refractivity contribution in [1.29, 1.82) is 0 Å². The van der Waals surface area contributed by atoms with Crippen molar-refractivity contribution in [3.63, 3.8) is 0 Å². The normalized spacial score (nSPS) is 11.2. The van der Waals surface area contributed by atoms with Crippen molar-refractivity contribution < 1.29 is 22.7 Å². The molecule has 0 saturated carbocycles. The van der Waals surface area contributed by atoms with Gasteiger partial charge in [0.25, 0.3) is 5.91 Å². The first-order valence-corrected chi connectivity index (χ1v) is 5.49. The first kappa shape index (κ1) is 13.9. The number of nitrogens with two attached hydrogens (primary N) is 1. The summed E-state index contributed by atoms with van der Waals surface area (Å²) in [6, 6.07) is 9.63. The van der Waals surface area contributed by atoms with E-state index in [0.29, 0.717) is 6.07 Å². The third-order valence-electron chi connectivity index (χ3n) is 2.37. The van der Waals surface area contributed by atoms with Crippen LogP contribution in [-0.2, 0) is 6.18 Å². The van der Waals surface area contributed by atoms with Crippen LogP contribution in [0.25, 0.3) is 0 Å². The molecule has 1 aromatic carbocycles. The van der Waals surface area contributed by atoms with Gasteiger partial charge in [-0.15, -0.1) is 0 Å². The maximum absolute atomic E-state index is 12.6. The van der Waals surface area contributed by atoms with E-state index in [2.05, 4.69) is 4.98 Å². The van der Waals surface area contributed by atoms with Gasteiger partial charge in [0.15, 0.2) is 0 Å². The molecule has 2 aromatic rings. The minimum Gasteiger partial charge on any atom is -0.438 e. The lowest BCUT2D eigenvalue weighted by Crippen LogP contribution is -2.16. The van der Waals surface area contributed by atoms with Gasteiger partial charge in [0.1, 0.15) is 17.0 Å². The number of carbonyl (C=O) groups excluding carboxylic acids is 1. The van der Waals surface area contributed by atoms with Crippen LogP contribution < -0.4 is 10.5 Å². The van der Waals surface area contributed by atoms with E-state index in [-0.39, 0.29) is 11.3 Å². The summed E-state index contributed by atoms with van der Waals surface area (Å²) < 4.78 is 43.0. The summed E-state index contributed by atoms with van der Waals surface area (Å²) in [6.45, 7) is 0. The predicted molar refractivity (Wildman–Crippen MR) is 64.3 cm³/mol. The Morgan fingerprint density at radius 1 is 1.10 bits per heavy atom. The van der Waals surface area contributed by atoms with Gasteiger partial charge in [-0.25, -0.2) is 4.98 Å². The van der Waals surface area contributed by atoms with Crippen LogP contribution in [0.2, 0.25) is 0 Å². The number of hydrogen-bond acceptors (Lipinski definition) is 3. The number of nitrogens with zero attached hydrogens (tertiary/aromatic N) is 1. The second-order valence-corrected chi connectivity index (χ2v) is 3.83. The molecule has 2 rings (SSSR count). The van der Waals surface area contributed by atoms with Crippen molar-refractivity contribution in [2.45, 2.75) is 6.18 Å². The van der Waals surface area contributed by atoms with E-state index in [9.17, 15) is 18.0 Å². The minimum absolute atomic E-state index is 0.221. The molecule has 0 bridgehead atoms. The lowest BCUT2D eigenvalue weighted by Gasteiger charge is -2.11. The fourth-order valence-electron chi connectivity index (χ4n) is 1.46. The molecule has 4 nitrogen and oxygen atoms in total. The molecule has 0 aliphatic carbocycles. The van der Waals surface area contributed by atoms with E-state index in [0.717, 1.165) is 6.07 Å². The van der Waals surface area contributed by atoms with Gasteiger partial charge in [-0.2, -0.15) is 13.2 Å². The molecule has 1 heterocycles. The van der Waals surface area contributed by atoms with Gasteiger partial charge in [0, 0.05) is 0 Å². The van der Waals surface area contributed by atoms with Gasteiger partial charge in [0.2, 0.25) is 5.88 Å². The van der Waals surface area contributed by atoms with E-state index >= 15 is 0 Å². The van der Waals surface area contributed by atoms with Gasteiger partial charge >= 0.3 is 6.18 Å². The quantitative estimate of drug-likeness (QED) is 0.941. The van der Waals surface area contributed by atoms with E-state index in [1.807, 2.05) is 0 Å². The molecule has 7 heteroatoms. The molecule has 0 saturated heterocycles. The van der Waals surface area contributed by atoms with Crippen LogP contribution in [0.1, 0.15) is 16.1 Å². The molecular weight excluding hydrogens is 273 g/mol. The molecule has 0 atom stereocenters. The second-order valence-electron chi connectivity index (χ2n) is 3.83. The number of rotatable bonds is 3. The average molecular weight is 282 g/mol. The largest absolute Gasteiger partial charge is 0.438 e. The summed E-state index contributed by atoms with van der Waals surface area (Å²) in [4.78, 5) is 14.5. The van der Waals surface area contributed by atoms with Crippen LogP contribution in [0.5, 0.6) is 11.6 Å². The van der Waals surface area contributed by atoms with Crippen molar-refractivity contribution in [2.24, 2.45) is 5.73 Å². The molecule has 0 aliphatic rings. The third kappa shape index (κ3) is 3.05. The highest BCUT2D eigenvalue weighted by molar-refractivity contribution is 5.95. The van der Waals surface area contributed by atoms with Crippen molar-refractivity contribution >= 4 is 5.91 Å². The fourth-order valence-corrected chi connectivity index (χ4v) is 1.46. The first-order valence-electron chi connectivity index (χ1n) is 5.49. The minimum atomic E-state index is -4.63. The molecule has 2 N–H and O–H groups in total. The Balaban J connectivity index is 2.45. The zero-order valence-corrected chi connectivity index (χ0v) is 10.0. The summed E-state index contributed by atoms with van der Waals surface area (Å²) in [7, 11) is 0. The Labute approximate surface area is 112 Å². The molecule has 20 heavy (non-hydrogen) atoms. The predicted octanol–water partition coefficient (Wildman–Crippen LogP) is 2.99. The molecule has 0 fully saturated rings. The van der Waals surface area contributed by atoms with E-state index < -0.39 is 23.7 Å². The number of halogens is 3. The lowest BCUT2D eigenvalue weighted by atomic mass is 10.2. The maximum atomic E-state index is 12.6. The SMILES string of the molecule is NC(=O)c1ccc(C(F)(F)F)nc1Oc1ccccc1. The highest BCUT2D eigenvalue weighted by atomic mass is 19.4. The first-order chi connectivity index (χ1) is 9.38. The van der Waals surface area contributed by atoms with Crippen molar-refractivity contribution in [3.8, 4) is 11.6 Å². The van der Waals surface area contributed by atoms with Crippen molar-refractivity contribution in [2.75, 3.05) is 0 Å². The number of benzene rings is 1. The number of pyridine rings is 1. The molecule has 0 aliphatic heterocycles. The topological polar surface area (TPSA) is 65.2 Å². The van der Waals surface area contributed by atoms with Crippen LogP contribution in [0.3, 0.4) is 0 Å². The number of primary amides is 1. The molecule has 0 unspecified atom stereocenters. The average Bonchev–Trinajstić information content (AvgIpc) is 2.38. The number of carbonyl (C=O) groups is 1. The van der Waals surface area contributed by atoms with Crippen LogP contribution >= 0.6 is 0 Å². The second kappa shape index (κ2) is 5.20. The Kier molecular flexibility index (Phi) is 3.60.